The van der Waals surface area contributed by atoms with Gasteiger partial charge in [0.1, 0.15) is 11.6 Å². The summed E-state index contributed by atoms with van der Waals surface area (Å²) >= 11 is 5.84. The smallest absolute Gasteiger partial charge is 0.226 e. The highest BCUT2D eigenvalue weighted by molar-refractivity contribution is 6.29. The van der Waals surface area contributed by atoms with Gasteiger partial charge in [0.2, 0.25) is 5.91 Å². The molecule has 0 radical (unpaired) electrons. The Labute approximate surface area is 174 Å². The lowest BCUT2D eigenvalue weighted by atomic mass is 9.86. The summed E-state index contributed by atoms with van der Waals surface area (Å²) in [6, 6.07) is 11.3. The molecule has 0 fully saturated rings. The Balaban J connectivity index is 1.69. The molecule has 0 aliphatic carbocycles. The van der Waals surface area contributed by atoms with E-state index in [2.05, 4.69) is 34.5 Å². The fourth-order valence-corrected chi connectivity index (χ4v) is 3.58. The van der Waals surface area contributed by atoms with Crippen LogP contribution in [0.15, 0.2) is 36.4 Å². The molecule has 29 heavy (non-hydrogen) atoms. The highest BCUT2D eigenvalue weighted by atomic mass is 35.5. The van der Waals surface area contributed by atoms with Crippen LogP contribution in [0, 0.1) is 12.8 Å². The number of rotatable bonds is 5. The van der Waals surface area contributed by atoms with Gasteiger partial charge in [-0.25, -0.2) is 0 Å². The third-order valence-electron chi connectivity index (χ3n) is 4.80. The van der Waals surface area contributed by atoms with Crippen molar-refractivity contribution in [1.82, 2.24) is 20.0 Å². The fourth-order valence-electron chi connectivity index (χ4n) is 3.48. The number of anilines is 1. The van der Waals surface area contributed by atoms with Gasteiger partial charge in [0.15, 0.2) is 11.0 Å². The number of carbonyl (C=O) groups excluding carboxylic acids is 1. The number of fused-ring (bicyclic) bond motifs is 1. The van der Waals surface area contributed by atoms with Crippen LogP contribution < -0.4 is 10.1 Å². The Bertz CT molecular complexity index is 1030. The second-order valence-electron chi connectivity index (χ2n) is 7.55. The molecule has 150 valence electrons. The van der Waals surface area contributed by atoms with E-state index in [4.69, 9.17) is 16.3 Å². The third-order valence-corrected chi connectivity index (χ3v) is 5.00. The van der Waals surface area contributed by atoms with E-state index in [-0.39, 0.29) is 11.8 Å². The standard InChI is InChI=1S/C21H22ClN5O2/c1-12(2)11-29-15-6-4-14(5-7-15)16-10-19(28)23-21-20(16)13(3)26-27(21)18-9-8-17(22)24-25-18/h4-9,12,16H,10-11H2,1-3H3,(H,23,28)/t16-/m1/s1. The maximum atomic E-state index is 12.5. The van der Waals surface area contributed by atoms with Crippen LogP contribution in [0.5, 0.6) is 5.75 Å². The molecule has 1 N–H and O–H groups in total. The van der Waals surface area contributed by atoms with Crippen molar-refractivity contribution in [2.24, 2.45) is 5.92 Å². The number of nitrogens with one attached hydrogen (secondary N) is 1. The quantitative estimate of drug-likeness (QED) is 0.682. The Morgan fingerprint density at radius 1 is 1.21 bits per heavy atom. The van der Waals surface area contributed by atoms with Crippen LogP contribution in [-0.4, -0.2) is 32.5 Å². The summed E-state index contributed by atoms with van der Waals surface area (Å²) in [5.41, 5.74) is 2.86. The zero-order chi connectivity index (χ0) is 20.5. The van der Waals surface area contributed by atoms with Crippen LogP contribution in [0.4, 0.5) is 5.82 Å². The summed E-state index contributed by atoms with van der Waals surface area (Å²) in [7, 11) is 0. The van der Waals surface area contributed by atoms with E-state index in [0.717, 1.165) is 22.6 Å². The molecule has 1 atom stereocenters. The minimum atomic E-state index is -0.0908. The van der Waals surface area contributed by atoms with E-state index < -0.39 is 0 Å². The van der Waals surface area contributed by atoms with Gasteiger partial charge in [-0.15, -0.1) is 10.2 Å². The van der Waals surface area contributed by atoms with Crippen LogP contribution in [0.2, 0.25) is 5.15 Å². The number of benzene rings is 1. The first kappa shape index (κ1) is 19.4. The minimum absolute atomic E-state index is 0.0642. The first-order valence-electron chi connectivity index (χ1n) is 9.54. The highest BCUT2D eigenvalue weighted by Gasteiger charge is 2.33. The van der Waals surface area contributed by atoms with Crippen molar-refractivity contribution in [3.63, 3.8) is 0 Å². The van der Waals surface area contributed by atoms with E-state index in [1.807, 2.05) is 31.2 Å². The van der Waals surface area contributed by atoms with Gasteiger partial charge in [-0.2, -0.15) is 9.78 Å². The van der Waals surface area contributed by atoms with Gasteiger partial charge in [0, 0.05) is 17.9 Å². The summed E-state index contributed by atoms with van der Waals surface area (Å²) in [5.74, 6) is 2.26. The number of nitrogens with zero attached hydrogens (tertiary/aromatic N) is 4. The minimum Gasteiger partial charge on any atom is -0.493 e. The molecule has 8 heteroatoms. The Hall–Kier alpha value is -2.93. The van der Waals surface area contributed by atoms with Crippen LogP contribution in [0.3, 0.4) is 0 Å². The number of aryl methyl sites for hydroxylation is 1. The number of hydrogen-bond acceptors (Lipinski definition) is 5. The lowest BCUT2D eigenvalue weighted by Crippen LogP contribution is -2.25. The number of hydrogen-bond donors (Lipinski definition) is 1. The van der Waals surface area contributed by atoms with E-state index in [0.29, 0.717) is 35.7 Å². The predicted molar refractivity (Wildman–Crippen MR) is 111 cm³/mol. The van der Waals surface area contributed by atoms with Crippen molar-refractivity contribution in [1.29, 1.82) is 0 Å². The second-order valence-corrected chi connectivity index (χ2v) is 7.94. The van der Waals surface area contributed by atoms with Gasteiger partial charge in [0.25, 0.3) is 0 Å². The van der Waals surface area contributed by atoms with Gasteiger partial charge < -0.3 is 10.1 Å². The fraction of sp³-hybridized carbons (Fsp3) is 0.333. The molecule has 1 aliphatic rings. The number of ether oxygens (including phenoxy) is 1. The molecule has 1 aliphatic heterocycles. The van der Waals surface area contributed by atoms with Crippen molar-refractivity contribution < 1.29 is 9.53 Å². The molecule has 0 unspecified atom stereocenters. The van der Waals surface area contributed by atoms with Crippen molar-refractivity contribution in [2.75, 3.05) is 11.9 Å². The highest BCUT2D eigenvalue weighted by Crippen LogP contribution is 2.40. The topological polar surface area (TPSA) is 81.9 Å². The lowest BCUT2D eigenvalue weighted by Gasteiger charge is -2.24. The van der Waals surface area contributed by atoms with Crippen LogP contribution in [0.1, 0.15) is 43.0 Å². The van der Waals surface area contributed by atoms with E-state index >= 15 is 0 Å². The predicted octanol–water partition coefficient (Wildman–Crippen LogP) is 4.13. The monoisotopic (exact) mass is 411 g/mol. The lowest BCUT2D eigenvalue weighted by molar-refractivity contribution is -0.116. The summed E-state index contributed by atoms with van der Waals surface area (Å²) in [4.78, 5) is 12.5. The second kappa shape index (κ2) is 7.83. The molecule has 1 amide bonds. The van der Waals surface area contributed by atoms with Gasteiger partial charge in [-0.3, -0.25) is 4.79 Å². The van der Waals surface area contributed by atoms with E-state index in [9.17, 15) is 4.79 Å². The summed E-state index contributed by atoms with van der Waals surface area (Å²) in [6.45, 7) is 6.83. The molecule has 4 rings (SSSR count). The summed E-state index contributed by atoms with van der Waals surface area (Å²) in [6.07, 6.45) is 0.359. The molecule has 3 heterocycles. The van der Waals surface area contributed by atoms with Crippen molar-refractivity contribution >= 4 is 23.3 Å². The van der Waals surface area contributed by atoms with Gasteiger partial charge in [-0.05, 0) is 42.7 Å². The zero-order valence-electron chi connectivity index (χ0n) is 16.5. The maximum absolute atomic E-state index is 12.5. The number of halogens is 1. The molecule has 0 saturated heterocycles. The Kier molecular flexibility index (Phi) is 5.24. The Morgan fingerprint density at radius 2 is 1.97 bits per heavy atom. The molecule has 7 nitrogen and oxygen atoms in total. The first-order valence-corrected chi connectivity index (χ1v) is 9.92. The maximum Gasteiger partial charge on any atom is 0.226 e. The van der Waals surface area contributed by atoms with Crippen molar-refractivity contribution in [2.45, 2.75) is 33.1 Å². The average molecular weight is 412 g/mol. The van der Waals surface area contributed by atoms with Crippen LogP contribution in [-0.2, 0) is 4.79 Å². The summed E-state index contributed by atoms with van der Waals surface area (Å²) < 4.78 is 7.38. The van der Waals surface area contributed by atoms with Crippen LogP contribution >= 0.6 is 11.6 Å². The SMILES string of the molecule is Cc1nn(-c2ccc(Cl)nn2)c2c1[C@@H](c1ccc(OCC(C)C)cc1)CC(=O)N2. The molecule has 3 aromatic rings. The molecule has 0 bridgehead atoms. The molecule has 2 aromatic heterocycles. The zero-order valence-corrected chi connectivity index (χ0v) is 17.3. The van der Waals surface area contributed by atoms with E-state index in [1.54, 1.807) is 16.8 Å². The largest absolute Gasteiger partial charge is 0.493 e. The number of carbonyl (C=O) groups is 1. The van der Waals surface area contributed by atoms with Crippen LogP contribution in [0.25, 0.3) is 5.82 Å². The normalized spacial score (nSPS) is 15.9. The number of amides is 1. The molecule has 1 aromatic carbocycles. The van der Waals surface area contributed by atoms with Gasteiger partial charge >= 0.3 is 0 Å². The average Bonchev–Trinajstić information content (AvgIpc) is 3.03. The molecular weight excluding hydrogens is 390 g/mol. The third kappa shape index (κ3) is 3.96. The molecule has 0 spiro atoms. The van der Waals surface area contributed by atoms with Crippen molar-refractivity contribution in [3.05, 3.63) is 58.4 Å². The molecular formula is C21H22ClN5O2. The summed E-state index contributed by atoms with van der Waals surface area (Å²) in [5, 5.41) is 15.8. The van der Waals surface area contributed by atoms with Gasteiger partial charge in [-0.1, -0.05) is 37.6 Å². The van der Waals surface area contributed by atoms with Crippen molar-refractivity contribution in [3.8, 4) is 11.6 Å². The van der Waals surface area contributed by atoms with Gasteiger partial charge in [0.05, 0.1) is 12.3 Å². The molecule has 0 saturated carbocycles. The van der Waals surface area contributed by atoms with E-state index in [1.165, 1.54) is 0 Å². The Morgan fingerprint density at radius 3 is 2.62 bits per heavy atom. The number of aromatic nitrogens is 4. The first-order chi connectivity index (χ1) is 13.9.